The zero-order valence-corrected chi connectivity index (χ0v) is 7.97. The number of halogens is 1. The molecule has 1 saturated heterocycles. The molecule has 0 aromatic heterocycles. The first-order valence-corrected chi connectivity index (χ1v) is 3.68. The Morgan fingerprint density at radius 1 is 1.69 bits per heavy atom. The molecule has 0 aromatic rings. The van der Waals surface area contributed by atoms with Crippen LogP contribution in [0.15, 0.2) is 0 Å². The van der Waals surface area contributed by atoms with Crippen molar-refractivity contribution in [3.05, 3.63) is 0 Å². The molecule has 1 fully saturated rings. The molecule has 0 radical (unpaired) electrons. The summed E-state index contributed by atoms with van der Waals surface area (Å²) in [4.78, 5) is 21.8. The van der Waals surface area contributed by atoms with E-state index in [1.54, 1.807) is 0 Å². The van der Waals surface area contributed by atoms with Crippen LogP contribution in [0.1, 0.15) is 12.8 Å². The van der Waals surface area contributed by atoms with Crippen LogP contribution in [-0.4, -0.2) is 30.3 Å². The van der Waals surface area contributed by atoms with E-state index in [0.717, 1.165) is 0 Å². The average molecular weight is 210 g/mol. The Labute approximate surface area is 81.9 Å². The number of hydrogen-bond acceptors (Lipinski definition) is 4. The largest absolute Gasteiger partial charge is 0.469 e. The number of carbonyl (C=O) groups excluding carboxylic acids is 2. The van der Waals surface area contributed by atoms with Gasteiger partial charge in [0.25, 0.3) is 0 Å². The summed E-state index contributed by atoms with van der Waals surface area (Å²) in [6.07, 6.45) is -0.586. The first-order valence-electron chi connectivity index (χ1n) is 3.68. The highest BCUT2D eigenvalue weighted by Gasteiger charge is 2.30. The Bertz CT molecular complexity index is 209. The lowest BCUT2D eigenvalue weighted by atomic mass is 9.97. The normalized spacial score (nSPS) is 27.1. The molecule has 0 aromatic carbocycles. The highest BCUT2D eigenvalue weighted by molar-refractivity contribution is 5.85. The molecule has 6 heteroatoms. The number of amides is 1. The number of hydrogen-bond donors (Lipinski definition) is 2. The van der Waals surface area contributed by atoms with Gasteiger partial charge < -0.3 is 15.2 Å². The number of piperidine rings is 1. The number of methoxy groups -OCH3 is 1. The van der Waals surface area contributed by atoms with Crippen LogP contribution in [0.3, 0.4) is 0 Å². The van der Waals surface area contributed by atoms with E-state index in [9.17, 15) is 9.59 Å². The molecule has 0 saturated carbocycles. The van der Waals surface area contributed by atoms with E-state index in [1.165, 1.54) is 7.11 Å². The van der Waals surface area contributed by atoms with Gasteiger partial charge in [0.15, 0.2) is 0 Å². The molecule has 0 spiro atoms. The minimum Gasteiger partial charge on any atom is -0.469 e. The molecule has 13 heavy (non-hydrogen) atoms. The lowest BCUT2D eigenvalue weighted by Crippen LogP contribution is -2.44. The molecule has 1 amide bonds. The van der Waals surface area contributed by atoms with Gasteiger partial charge in [-0.15, -0.1) is 12.4 Å². The summed E-state index contributed by atoms with van der Waals surface area (Å²) in [7, 11) is 1.27. The first kappa shape index (κ1) is 12.2. The van der Waals surface area contributed by atoms with Crippen molar-refractivity contribution in [2.75, 3.05) is 7.11 Å². The molecule has 1 aliphatic rings. The summed E-state index contributed by atoms with van der Waals surface area (Å²) in [6, 6.07) is 0. The van der Waals surface area contributed by atoms with Gasteiger partial charge in [0, 0.05) is 12.8 Å². The fourth-order valence-corrected chi connectivity index (χ4v) is 1.23. The molecule has 0 bridgehead atoms. The Hall–Kier alpha value is -0.810. The SMILES string of the molecule is COC(=O)C1CC(=O)NC(O)C1.Cl. The van der Waals surface area contributed by atoms with Gasteiger partial charge in [-0.2, -0.15) is 0 Å². The van der Waals surface area contributed by atoms with Crippen LogP contribution in [0.4, 0.5) is 0 Å². The third-order valence-electron chi connectivity index (χ3n) is 1.80. The number of aliphatic hydroxyl groups excluding tert-OH is 1. The van der Waals surface area contributed by atoms with Crippen LogP contribution in [0.25, 0.3) is 0 Å². The zero-order valence-electron chi connectivity index (χ0n) is 7.15. The minimum absolute atomic E-state index is 0. The monoisotopic (exact) mass is 209 g/mol. The summed E-state index contributed by atoms with van der Waals surface area (Å²) < 4.78 is 4.46. The van der Waals surface area contributed by atoms with Gasteiger partial charge >= 0.3 is 5.97 Å². The zero-order chi connectivity index (χ0) is 9.14. The molecule has 1 rings (SSSR count). The predicted octanol–water partition coefficient (Wildman–Crippen LogP) is -0.574. The van der Waals surface area contributed by atoms with E-state index < -0.39 is 18.1 Å². The highest BCUT2D eigenvalue weighted by atomic mass is 35.5. The lowest BCUT2D eigenvalue weighted by molar-refractivity contribution is -0.151. The second-order valence-corrected chi connectivity index (χ2v) is 2.74. The lowest BCUT2D eigenvalue weighted by Gasteiger charge is -2.24. The molecule has 76 valence electrons. The molecule has 2 N–H and O–H groups in total. The first-order chi connectivity index (χ1) is 5.63. The second kappa shape index (κ2) is 5.04. The van der Waals surface area contributed by atoms with Crippen LogP contribution in [0.2, 0.25) is 0 Å². The van der Waals surface area contributed by atoms with Crippen molar-refractivity contribution in [3.63, 3.8) is 0 Å². The van der Waals surface area contributed by atoms with Crippen molar-refractivity contribution >= 4 is 24.3 Å². The smallest absolute Gasteiger partial charge is 0.309 e. The van der Waals surface area contributed by atoms with Gasteiger partial charge in [-0.25, -0.2) is 0 Å². The van der Waals surface area contributed by atoms with Crippen LogP contribution < -0.4 is 5.32 Å². The number of rotatable bonds is 1. The van der Waals surface area contributed by atoms with E-state index in [4.69, 9.17) is 5.11 Å². The van der Waals surface area contributed by atoms with E-state index in [2.05, 4.69) is 10.1 Å². The average Bonchev–Trinajstić information content (AvgIpc) is 2.01. The van der Waals surface area contributed by atoms with Crippen LogP contribution in [0.5, 0.6) is 0 Å². The number of nitrogens with one attached hydrogen (secondary N) is 1. The maximum Gasteiger partial charge on any atom is 0.309 e. The van der Waals surface area contributed by atoms with Crippen molar-refractivity contribution < 1.29 is 19.4 Å². The molecule has 2 atom stereocenters. The fraction of sp³-hybridized carbons (Fsp3) is 0.714. The van der Waals surface area contributed by atoms with Crippen LogP contribution in [0, 0.1) is 5.92 Å². The van der Waals surface area contributed by atoms with Gasteiger partial charge in [-0.3, -0.25) is 9.59 Å². The Kier molecular flexibility index (Phi) is 4.72. The number of ether oxygens (including phenoxy) is 1. The summed E-state index contributed by atoms with van der Waals surface area (Å²) >= 11 is 0. The third-order valence-corrected chi connectivity index (χ3v) is 1.80. The molecule has 0 aliphatic carbocycles. The van der Waals surface area contributed by atoms with Crippen molar-refractivity contribution in [2.24, 2.45) is 5.92 Å². The maximum absolute atomic E-state index is 10.9. The van der Waals surface area contributed by atoms with E-state index in [-0.39, 0.29) is 31.2 Å². The summed E-state index contributed by atoms with van der Waals surface area (Å²) in [6.45, 7) is 0. The maximum atomic E-state index is 10.9. The fourth-order valence-electron chi connectivity index (χ4n) is 1.23. The van der Waals surface area contributed by atoms with Gasteiger partial charge in [-0.05, 0) is 0 Å². The summed E-state index contributed by atoms with van der Waals surface area (Å²) in [5, 5.41) is 11.4. The molecular formula is C7H12ClNO4. The summed E-state index contributed by atoms with van der Waals surface area (Å²) in [5.74, 6) is -1.26. The van der Waals surface area contributed by atoms with Gasteiger partial charge in [0.1, 0.15) is 6.23 Å². The highest BCUT2D eigenvalue weighted by Crippen LogP contribution is 2.16. The second-order valence-electron chi connectivity index (χ2n) is 2.74. The van der Waals surface area contributed by atoms with Crippen molar-refractivity contribution in [1.29, 1.82) is 0 Å². The molecule has 1 heterocycles. The predicted molar refractivity (Wildman–Crippen MR) is 46.1 cm³/mol. The van der Waals surface area contributed by atoms with E-state index in [0.29, 0.717) is 0 Å². The molecular weight excluding hydrogens is 198 g/mol. The van der Waals surface area contributed by atoms with Crippen molar-refractivity contribution in [2.45, 2.75) is 19.1 Å². The third kappa shape index (κ3) is 3.20. The van der Waals surface area contributed by atoms with Gasteiger partial charge in [-0.1, -0.05) is 0 Å². The standard InChI is InChI=1S/C7H11NO4.ClH/c1-12-7(11)4-2-5(9)8-6(10)3-4;/h4-5,9H,2-3H2,1H3,(H,8,10);1H. The number of esters is 1. The van der Waals surface area contributed by atoms with Crippen LogP contribution in [-0.2, 0) is 14.3 Å². The quantitative estimate of drug-likeness (QED) is 0.567. The Balaban J connectivity index is 0.00000144. The van der Waals surface area contributed by atoms with Gasteiger partial charge in [0.05, 0.1) is 13.0 Å². The van der Waals surface area contributed by atoms with Crippen molar-refractivity contribution in [3.8, 4) is 0 Å². The van der Waals surface area contributed by atoms with E-state index >= 15 is 0 Å². The number of carbonyl (C=O) groups is 2. The topological polar surface area (TPSA) is 75.6 Å². The van der Waals surface area contributed by atoms with Crippen molar-refractivity contribution in [1.82, 2.24) is 5.32 Å². The molecule has 5 nitrogen and oxygen atoms in total. The van der Waals surface area contributed by atoms with E-state index in [1.807, 2.05) is 0 Å². The summed E-state index contributed by atoms with van der Waals surface area (Å²) in [5.41, 5.74) is 0. The van der Waals surface area contributed by atoms with Gasteiger partial charge in [0.2, 0.25) is 5.91 Å². The minimum atomic E-state index is -0.921. The number of aliphatic hydroxyl groups is 1. The van der Waals surface area contributed by atoms with Crippen LogP contribution >= 0.6 is 12.4 Å². The Morgan fingerprint density at radius 2 is 2.31 bits per heavy atom. The molecule has 1 aliphatic heterocycles. The molecule has 2 unspecified atom stereocenters. The Morgan fingerprint density at radius 3 is 2.77 bits per heavy atom.